The number of halogens is 3. The lowest BCUT2D eigenvalue weighted by Gasteiger charge is -2.12. The van der Waals surface area contributed by atoms with Crippen molar-refractivity contribution in [2.75, 3.05) is 29.6 Å². The molecule has 0 atom stereocenters. The van der Waals surface area contributed by atoms with Crippen LogP contribution in [0.25, 0.3) is 0 Å². The van der Waals surface area contributed by atoms with E-state index in [1.807, 2.05) is 6.26 Å². The SMILES string of the molecule is CSCCCNc1ccc(N)c(C(F)(F)F)c1. The summed E-state index contributed by atoms with van der Waals surface area (Å²) in [5, 5.41) is 2.95. The van der Waals surface area contributed by atoms with Gasteiger partial charge in [0.05, 0.1) is 5.56 Å². The average molecular weight is 264 g/mol. The van der Waals surface area contributed by atoms with Gasteiger partial charge in [0.2, 0.25) is 0 Å². The molecule has 1 aromatic carbocycles. The fourth-order valence-corrected chi connectivity index (χ4v) is 1.79. The predicted octanol–water partition coefficient (Wildman–Crippen LogP) is 3.45. The first kappa shape index (κ1) is 14.0. The summed E-state index contributed by atoms with van der Waals surface area (Å²) < 4.78 is 37.7. The second kappa shape index (κ2) is 6.05. The van der Waals surface area contributed by atoms with E-state index in [-0.39, 0.29) is 5.69 Å². The van der Waals surface area contributed by atoms with Crippen LogP contribution in [0.2, 0.25) is 0 Å². The van der Waals surface area contributed by atoms with Gasteiger partial charge in [0.15, 0.2) is 0 Å². The van der Waals surface area contributed by atoms with Crippen molar-refractivity contribution in [3.8, 4) is 0 Å². The summed E-state index contributed by atoms with van der Waals surface area (Å²) >= 11 is 1.71. The predicted molar refractivity (Wildman–Crippen MR) is 67.3 cm³/mol. The normalized spacial score (nSPS) is 11.5. The maximum absolute atomic E-state index is 12.6. The number of nitrogens with one attached hydrogen (secondary N) is 1. The van der Waals surface area contributed by atoms with Gasteiger partial charge in [-0.2, -0.15) is 24.9 Å². The molecule has 0 saturated heterocycles. The van der Waals surface area contributed by atoms with Gasteiger partial charge in [-0.3, -0.25) is 0 Å². The van der Waals surface area contributed by atoms with E-state index in [0.29, 0.717) is 12.2 Å². The maximum Gasteiger partial charge on any atom is 0.418 e. The van der Waals surface area contributed by atoms with Crippen LogP contribution < -0.4 is 11.1 Å². The zero-order valence-corrected chi connectivity index (χ0v) is 10.3. The zero-order valence-electron chi connectivity index (χ0n) is 9.47. The number of nitrogens with two attached hydrogens (primary N) is 1. The number of benzene rings is 1. The second-order valence-corrected chi connectivity index (χ2v) is 4.56. The highest BCUT2D eigenvalue weighted by Crippen LogP contribution is 2.35. The molecule has 1 aromatic rings. The molecule has 0 unspecified atom stereocenters. The van der Waals surface area contributed by atoms with Gasteiger partial charge in [0.1, 0.15) is 0 Å². The van der Waals surface area contributed by atoms with Crippen molar-refractivity contribution in [3.05, 3.63) is 23.8 Å². The lowest BCUT2D eigenvalue weighted by molar-refractivity contribution is -0.136. The largest absolute Gasteiger partial charge is 0.418 e. The lowest BCUT2D eigenvalue weighted by Crippen LogP contribution is -2.10. The van der Waals surface area contributed by atoms with Crippen molar-refractivity contribution >= 4 is 23.1 Å². The summed E-state index contributed by atoms with van der Waals surface area (Å²) in [6.45, 7) is 0.655. The number of rotatable bonds is 5. The van der Waals surface area contributed by atoms with E-state index in [1.165, 1.54) is 6.07 Å². The molecule has 0 saturated carbocycles. The number of hydrogen-bond acceptors (Lipinski definition) is 3. The number of hydrogen-bond donors (Lipinski definition) is 2. The van der Waals surface area contributed by atoms with Crippen molar-refractivity contribution in [1.82, 2.24) is 0 Å². The molecule has 0 aliphatic carbocycles. The van der Waals surface area contributed by atoms with Crippen LogP contribution in [0.15, 0.2) is 18.2 Å². The number of anilines is 2. The fourth-order valence-electron chi connectivity index (χ4n) is 1.36. The Morgan fingerprint density at radius 2 is 2.06 bits per heavy atom. The summed E-state index contributed by atoms with van der Waals surface area (Å²) in [5.41, 5.74) is 4.72. The van der Waals surface area contributed by atoms with Gasteiger partial charge in [-0.1, -0.05) is 0 Å². The quantitative estimate of drug-likeness (QED) is 0.632. The van der Waals surface area contributed by atoms with Gasteiger partial charge in [-0.15, -0.1) is 0 Å². The lowest BCUT2D eigenvalue weighted by atomic mass is 10.1. The van der Waals surface area contributed by atoms with E-state index in [9.17, 15) is 13.2 Å². The molecule has 0 heterocycles. The first-order chi connectivity index (χ1) is 7.95. The second-order valence-electron chi connectivity index (χ2n) is 3.57. The van der Waals surface area contributed by atoms with Crippen LogP contribution in [-0.4, -0.2) is 18.6 Å². The van der Waals surface area contributed by atoms with Gasteiger partial charge in [0.25, 0.3) is 0 Å². The van der Waals surface area contributed by atoms with Crippen LogP contribution in [0.5, 0.6) is 0 Å². The van der Waals surface area contributed by atoms with Gasteiger partial charge >= 0.3 is 6.18 Å². The van der Waals surface area contributed by atoms with Crippen LogP contribution in [0.4, 0.5) is 24.5 Å². The van der Waals surface area contributed by atoms with E-state index in [4.69, 9.17) is 5.73 Å². The highest BCUT2D eigenvalue weighted by atomic mass is 32.2. The molecular weight excluding hydrogens is 249 g/mol. The fraction of sp³-hybridized carbons (Fsp3) is 0.455. The van der Waals surface area contributed by atoms with Gasteiger partial charge in [-0.25, -0.2) is 0 Å². The third-order valence-corrected chi connectivity index (χ3v) is 2.91. The van der Waals surface area contributed by atoms with E-state index in [1.54, 1.807) is 17.8 Å². The van der Waals surface area contributed by atoms with Crippen LogP contribution in [0, 0.1) is 0 Å². The number of alkyl halides is 3. The number of nitrogen functional groups attached to an aromatic ring is 1. The summed E-state index contributed by atoms with van der Waals surface area (Å²) in [4.78, 5) is 0. The van der Waals surface area contributed by atoms with Crippen molar-refractivity contribution in [3.63, 3.8) is 0 Å². The highest BCUT2D eigenvalue weighted by Gasteiger charge is 2.33. The van der Waals surface area contributed by atoms with Crippen molar-refractivity contribution < 1.29 is 13.2 Å². The molecule has 6 heteroatoms. The molecule has 0 aliphatic rings. The topological polar surface area (TPSA) is 38.0 Å². The monoisotopic (exact) mass is 264 g/mol. The maximum atomic E-state index is 12.6. The van der Waals surface area contributed by atoms with E-state index in [0.717, 1.165) is 18.2 Å². The minimum Gasteiger partial charge on any atom is -0.398 e. The van der Waals surface area contributed by atoms with Crippen LogP contribution >= 0.6 is 11.8 Å². The Labute approximate surface area is 103 Å². The van der Waals surface area contributed by atoms with E-state index in [2.05, 4.69) is 5.32 Å². The molecule has 96 valence electrons. The molecule has 2 nitrogen and oxygen atoms in total. The zero-order chi connectivity index (χ0) is 12.9. The third kappa shape index (κ3) is 4.38. The summed E-state index contributed by atoms with van der Waals surface area (Å²) in [7, 11) is 0. The van der Waals surface area contributed by atoms with Crippen LogP contribution in [-0.2, 0) is 6.18 Å². The smallest absolute Gasteiger partial charge is 0.398 e. The molecule has 0 aliphatic heterocycles. The minimum atomic E-state index is -4.40. The Morgan fingerprint density at radius 1 is 1.35 bits per heavy atom. The Hall–Kier alpha value is -1.04. The molecular formula is C11H15F3N2S. The van der Waals surface area contributed by atoms with Crippen molar-refractivity contribution in [2.24, 2.45) is 0 Å². The molecule has 3 N–H and O–H groups in total. The summed E-state index contributed by atoms with van der Waals surface area (Å²) in [6.07, 6.45) is -1.50. The Bertz CT molecular complexity index is 366. The Kier molecular flexibility index (Phi) is 4.99. The summed E-state index contributed by atoms with van der Waals surface area (Å²) in [6, 6.07) is 3.89. The highest BCUT2D eigenvalue weighted by molar-refractivity contribution is 7.98. The molecule has 0 radical (unpaired) electrons. The van der Waals surface area contributed by atoms with Gasteiger partial charge < -0.3 is 11.1 Å². The standard InChI is InChI=1S/C11H15F3N2S/c1-17-6-2-5-16-8-3-4-10(15)9(7-8)11(12,13)14/h3-4,7,16H,2,5-6,15H2,1H3. The minimum absolute atomic E-state index is 0.243. The summed E-state index contributed by atoms with van der Waals surface area (Å²) in [5.74, 6) is 0.980. The van der Waals surface area contributed by atoms with Crippen molar-refractivity contribution in [1.29, 1.82) is 0 Å². The third-order valence-electron chi connectivity index (χ3n) is 2.21. The van der Waals surface area contributed by atoms with E-state index < -0.39 is 11.7 Å². The molecule has 0 aromatic heterocycles. The van der Waals surface area contributed by atoms with Crippen molar-refractivity contribution in [2.45, 2.75) is 12.6 Å². The number of thioether (sulfide) groups is 1. The van der Waals surface area contributed by atoms with Crippen LogP contribution in [0.3, 0.4) is 0 Å². The van der Waals surface area contributed by atoms with Crippen LogP contribution in [0.1, 0.15) is 12.0 Å². The molecule has 0 spiro atoms. The van der Waals surface area contributed by atoms with Gasteiger partial charge in [-0.05, 0) is 36.6 Å². The molecule has 17 heavy (non-hydrogen) atoms. The van der Waals surface area contributed by atoms with E-state index >= 15 is 0 Å². The first-order valence-electron chi connectivity index (χ1n) is 5.14. The Morgan fingerprint density at radius 3 is 2.65 bits per heavy atom. The first-order valence-corrected chi connectivity index (χ1v) is 6.54. The molecule has 0 amide bonds. The average Bonchev–Trinajstić information content (AvgIpc) is 2.25. The molecule has 0 fully saturated rings. The molecule has 1 rings (SSSR count). The Balaban J connectivity index is 2.69. The molecule has 0 bridgehead atoms. The van der Waals surface area contributed by atoms with Gasteiger partial charge in [0, 0.05) is 17.9 Å².